The van der Waals surface area contributed by atoms with Crippen LogP contribution < -0.4 is 0 Å². The monoisotopic (exact) mass is 313 g/mol. The second kappa shape index (κ2) is 6.24. The fraction of sp³-hybridized carbons (Fsp3) is 0.353. The summed E-state index contributed by atoms with van der Waals surface area (Å²) in [7, 11) is 0. The zero-order valence-corrected chi connectivity index (χ0v) is 13.3. The van der Waals surface area contributed by atoms with Crippen LogP contribution in [-0.4, -0.2) is 52.9 Å². The van der Waals surface area contributed by atoms with Crippen LogP contribution in [0.5, 0.6) is 0 Å². The Morgan fingerprint density at radius 3 is 2.22 bits per heavy atom. The van der Waals surface area contributed by atoms with Gasteiger partial charge in [0.1, 0.15) is 5.76 Å². The van der Waals surface area contributed by atoms with E-state index in [4.69, 9.17) is 4.52 Å². The van der Waals surface area contributed by atoms with E-state index < -0.39 is 0 Å². The number of amides is 2. The molecular formula is C17H19N3O3. The molecule has 1 saturated heterocycles. The molecule has 0 atom stereocenters. The van der Waals surface area contributed by atoms with Crippen molar-refractivity contribution < 1.29 is 14.1 Å². The molecule has 0 bridgehead atoms. The Bertz CT molecular complexity index is 730. The summed E-state index contributed by atoms with van der Waals surface area (Å²) in [6.07, 6.45) is 0. The maximum atomic E-state index is 12.5. The molecule has 120 valence electrons. The number of hydrogen-bond donors (Lipinski definition) is 0. The van der Waals surface area contributed by atoms with Gasteiger partial charge in [-0.1, -0.05) is 22.9 Å². The molecule has 2 amide bonds. The first kappa shape index (κ1) is 15.3. The molecule has 0 N–H and O–H groups in total. The van der Waals surface area contributed by atoms with Crippen LogP contribution in [0.1, 0.15) is 32.2 Å². The van der Waals surface area contributed by atoms with Gasteiger partial charge < -0.3 is 14.3 Å². The molecule has 1 aromatic heterocycles. The number of carbonyl (C=O) groups excluding carboxylic acids is 2. The van der Waals surface area contributed by atoms with Gasteiger partial charge in [-0.3, -0.25) is 9.59 Å². The number of carbonyl (C=O) groups is 2. The molecule has 0 saturated carbocycles. The lowest BCUT2D eigenvalue weighted by atomic mass is 10.1. The molecular weight excluding hydrogens is 294 g/mol. The Kier molecular flexibility index (Phi) is 4.14. The third kappa shape index (κ3) is 3.26. The van der Waals surface area contributed by atoms with Gasteiger partial charge in [0.2, 0.25) is 0 Å². The number of aryl methyl sites for hydroxylation is 2. The fourth-order valence-electron chi connectivity index (χ4n) is 2.70. The van der Waals surface area contributed by atoms with E-state index in [1.165, 1.54) is 0 Å². The summed E-state index contributed by atoms with van der Waals surface area (Å²) in [5.41, 5.74) is 2.07. The van der Waals surface area contributed by atoms with Gasteiger partial charge in [-0.2, -0.15) is 0 Å². The second-order valence-corrected chi connectivity index (χ2v) is 5.78. The van der Waals surface area contributed by atoms with Crippen molar-refractivity contribution in [1.82, 2.24) is 15.0 Å². The maximum Gasteiger partial charge on any atom is 0.276 e. The van der Waals surface area contributed by atoms with E-state index in [-0.39, 0.29) is 11.8 Å². The van der Waals surface area contributed by atoms with E-state index in [0.29, 0.717) is 43.2 Å². The Morgan fingerprint density at radius 2 is 1.65 bits per heavy atom. The van der Waals surface area contributed by atoms with Gasteiger partial charge in [0.15, 0.2) is 5.69 Å². The van der Waals surface area contributed by atoms with Crippen molar-refractivity contribution in [3.05, 3.63) is 52.9 Å². The Balaban J connectivity index is 1.62. The summed E-state index contributed by atoms with van der Waals surface area (Å²) in [5, 5.41) is 3.76. The Morgan fingerprint density at radius 1 is 1.00 bits per heavy atom. The minimum absolute atomic E-state index is 0.0121. The summed E-state index contributed by atoms with van der Waals surface area (Å²) in [6, 6.07) is 9.19. The van der Waals surface area contributed by atoms with Crippen molar-refractivity contribution >= 4 is 11.8 Å². The lowest BCUT2D eigenvalue weighted by molar-refractivity contribution is 0.0530. The van der Waals surface area contributed by atoms with E-state index in [9.17, 15) is 9.59 Å². The summed E-state index contributed by atoms with van der Waals surface area (Å²) in [5.74, 6) is 0.476. The first-order valence-corrected chi connectivity index (χ1v) is 7.63. The number of aromatic nitrogens is 1. The first-order chi connectivity index (χ1) is 11.0. The third-order valence-electron chi connectivity index (χ3n) is 3.97. The second-order valence-electron chi connectivity index (χ2n) is 5.78. The molecule has 0 spiro atoms. The molecule has 0 unspecified atom stereocenters. The van der Waals surface area contributed by atoms with Gasteiger partial charge >= 0.3 is 0 Å². The van der Waals surface area contributed by atoms with E-state index >= 15 is 0 Å². The highest BCUT2D eigenvalue weighted by molar-refractivity contribution is 5.95. The highest BCUT2D eigenvalue weighted by Gasteiger charge is 2.26. The minimum atomic E-state index is -0.149. The predicted octanol–water partition coefficient (Wildman–Crippen LogP) is 1.89. The van der Waals surface area contributed by atoms with Crippen LogP contribution in [0.25, 0.3) is 0 Å². The molecule has 0 aliphatic carbocycles. The Hall–Kier alpha value is -2.63. The van der Waals surface area contributed by atoms with Crippen molar-refractivity contribution in [1.29, 1.82) is 0 Å². The lowest BCUT2D eigenvalue weighted by Gasteiger charge is -2.34. The van der Waals surface area contributed by atoms with Crippen LogP contribution >= 0.6 is 0 Å². The zero-order chi connectivity index (χ0) is 16.4. The molecule has 0 radical (unpaired) electrons. The highest BCUT2D eigenvalue weighted by Crippen LogP contribution is 2.13. The summed E-state index contributed by atoms with van der Waals surface area (Å²) in [6.45, 7) is 5.77. The molecule has 2 heterocycles. The molecule has 23 heavy (non-hydrogen) atoms. The van der Waals surface area contributed by atoms with Crippen LogP contribution in [0.15, 0.2) is 34.9 Å². The standard InChI is InChI=1S/C17H19N3O3/c1-12-4-3-5-14(10-12)16(21)19-6-8-20(9-7-19)17(22)15-11-13(2)23-18-15/h3-5,10-11H,6-9H2,1-2H3. The first-order valence-electron chi connectivity index (χ1n) is 7.63. The van der Waals surface area contributed by atoms with E-state index in [2.05, 4.69) is 5.16 Å². The molecule has 1 aliphatic rings. The molecule has 6 heteroatoms. The predicted molar refractivity (Wildman–Crippen MR) is 84.2 cm³/mol. The smallest absolute Gasteiger partial charge is 0.276 e. The summed E-state index contributed by atoms with van der Waals surface area (Å²) < 4.78 is 4.94. The van der Waals surface area contributed by atoms with Gasteiger partial charge in [-0.25, -0.2) is 0 Å². The quantitative estimate of drug-likeness (QED) is 0.849. The number of piperazine rings is 1. The van der Waals surface area contributed by atoms with Crippen LogP contribution in [0.4, 0.5) is 0 Å². The SMILES string of the molecule is Cc1cccc(C(=O)N2CCN(C(=O)c3cc(C)on3)CC2)c1. The van der Waals surface area contributed by atoms with Crippen LogP contribution in [-0.2, 0) is 0 Å². The van der Waals surface area contributed by atoms with Crippen molar-refractivity contribution in [3.8, 4) is 0 Å². The van der Waals surface area contributed by atoms with Gasteiger partial charge in [-0.05, 0) is 26.0 Å². The maximum absolute atomic E-state index is 12.5. The molecule has 1 aliphatic heterocycles. The summed E-state index contributed by atoms with van der Waals surface area (Å²) >= 11 is 0. The number of benzene rings is 1. The zero-order valence-electron chi connectivity index (χ0n) is 13.3. The topological polar surface area (TPSA) is 66.7 Å². The number of nitrogens with zero attached hydrogens (tertiary/aromatic N) is 3. The van der Waals surface area contributed by atoms with Crippen molar-refractivity contribution in [3.63, 3.8) is 0 Å². The minimum Gasteiger partial charge on any atom is -0.361 e. The summed E-state index contributed by atoms with van der Waals surface area (Å²) in [4.78, 5) is 28.3. The van der Waals surface area contributed by atoms with Gasteiger partial charge in [-0.15, -0.1) is 0 Å². The highest BCUT2D eigenvalue weighted by atomic mass is 16.5. The average molecular weight is 313 g/mol. The van der Waals surface area contributed by atoms with Crippen molar-refractivity contribution in [2.75, 3.05) is 26.2 Å². The van der Waals surface area contributed by atoms with Crippen LogP contribution in [0.3, 0.4) is 0 Å². The van der Waals surface area contributed by atoms with Gasteiger partial charge in [0.25, 0.3) is 11.8 Å². The van der Waals surface area contributed by atoms with Crippen molar-refractivity contribution in [2.24, 2.45) is 0 Å². The molecule has 3 rings (SSSR count). The number of hydrogen-bond acceptors (Lipinski definition) is 4. The molecule has 1 aromatic carbocycles. The van der Waals surface area contributed by atoms with Gasteiger partial charge in [0, 0.05) is 37.8 Å². The lowest BCUT2D eigenvalue weighted by Crippen LogP contribution is -2.50. The Labute approximate surface area is 134 Å². The molecule has 2 aromatic rings. The van der Waals surface area contributed by atoms with E-state index in [0.717, 1.165) is 5.56 Å². The van der Waals surface area contributed by atoms with E-state index in [1.807, 2.05) is 31.2 Å². The average Bonchev–Trinajstić information content (AvgIpc) is 3.00. The molecule has 1 fully saturated rings. The van der Waals surface area contributed by atoms with Gasteiger partial charge in [0.05, 0.1) is 0 Å². The fourth-order valence-corrected chi connectivity index (χ4v) is 2.70. The van der Waals surface area contributed by atoms with Crippen LogP contribution in [0, 0.1) is 13.8 Å². The molecule has 6 nitrogen and oxygen atoms in total. The largest absolute Gasteiger partial charge is 0.361 e. The van der Waals surface area contributed by atoms with Crippen molar-refractivity contribution in [2.45, 2.75) is 13.8 Å². The third-order valence-corrected chi connectivity index (χ3v) is 3.97. The van der Waals surface area contributed by atoms with E-state index in [1.54, 1.807) is 22.8 Å². The van der Waals surface area contributed by atoms with Crippen LogP contribution in [0.2, 0.25) is 0 Å². The number of rotatable bonds is 2. The normalized spacial score (nSPS) is 14.9.